The molecule has 9 heteroatoms. The number of alkyl halides is 3. The summed E-state index contributed by atoms with van der Waals surface area (Å²) in [7, 11) is 0. The van der Waals surface area contributed by atoms with Gasteiger partial charge in [-0.05, 0) is 72.5 Å². The molecule has 228 valence electrons. The summed E-state index contributed by atoms with van der Waals surface area (Å²) in [5.41, 5.74) is 4.79. The van der Waals surface area contributed by atoms with Crippen molar-refractivity contribution in [3.63, 3.8) is 0 Å². The average Bonchev–Trinajstić information content (AvgIpc) is 3.66. The zero-order valence-electron chi connectivity index (χ0n) is 24.7. The van der Waals surface area contributed by atoms with Crippen LogP contribution < -0.4 is 5.32 Å². The Morgan fingerprint density at radius 1 is 0.844 bits per heavy atom. The smallest absolute Gasteiger partial charge is 0.416 e. The number of Topliss-reactive ketones (excluding diaryl/α,β-unsaturated/α-hetero) is 1. The van der Waals surface area contributed by atoms with Gasteiger partial charge in [-0.1, -0.05) is 61.5 Å². The van der Waals surface area contributed by atoms with E-state index in [4.69, 9.17) is 8.83 Å². The molecule has 0 bridgehead atoms. The molecule has 0 fully saturated rings. The second-order valence-electron chi connectivity index (χ2n) is 10.9. The minimum atomic E-state index is -4.38. The molecule has 1 atom stereocenters. The summed E-state index contributed by atoms with van der Waals surface area (Å²) >= 11 is 0. The normalized spacial score (nSPS) is 12.4. The number of furan rings is 1. The molecule has 1 N–H and O–H groups in total. The lowest BCUT2D eigenvalue weighted by molar-refractivity contribution is -0.137. The third-order valence-corrected chi connectivity index (χ3v) is 7.74. The molecule has 6 rings (SSSR count). The molecule has 0 amide bonds. The zero-order chi connectivity index (χ0) is 31.6. The van der Waals surface area contributed by atoms with Crippen LogP contribution in [0.4, 0.5) is 18.9 Å². The van der Waals surface area contributed by atoms with Gasteiger partial charge >= 0.3 is 6.18 Å². The Kier molecular flexibility index (Phi) is 8.26. The largest absolute Gasteiger partial charge is 0.451 e. The fourth-order valence-electron chi connectivity index (χ4n) is 5.29. The van der Waals surface area contributed by atoms with Gasteiger partial charge in [-0.2, -0.15) is 13.2 Å². The van der Waals surface area contributed by atoms with Gasteiger partial charge in [0.2, 0.25) is 5.89 Å². The summed E-state index contributed by atoms with van der Waals surface area (Å²) < 4.78 is 51.2. The number of halogens is 3. The molecule has 6 nitrogen and oxygen atoms in total. The van der Waals surface area contributed by atoms with Gasteiger partial charge in [0.25, 0.3) is 5.89 Å². The van der Waals surface area contributed by atoms with E-state index in [2.05, 4.69) is 15.5 Å². The van der Waals surface area contributed by atoms with Crippen molar-refractivity contribution in [1.29, 1.82) is 0 Å². The molecule has 0 aliphatic heterocycles. The van der Waals surface area contributed by atoms with Crippen molar-refractivity contribution in [2.75, 3.05) is 5.32 Å². The van der Waals surface area contributed by atoms with Crippen molar-refractivity contribution in [3.05, 3.63) is 125 Å². The van der Waals surface area contributed by atoms with E-state index in [1.165, 1.54) is 12.1 Å². The predicted molar refractivity (Wildman–Crippen MR) is 167 cm³/mol. The maximum atomic E-state index is 13.0. The van der Waals surface area contributed by atoms with Crippen LogP contribution in [-0.4, -0.2) is 16.0 Å². The Morgan fingerprint density at radius 2 is 1.51 bits per heavy atom. The first-order valence-corrected chi connectivity index (χ1v) is 14.7. The van der Waals surface area contributed by atoms with Gasteiger partial charge in [-0.25, -0.2) is 0 Å². The number of hydrogen-bond donors (Lipinski definition) is 1. The Hall–Kier alpha value is -5.18. The molecule has 0 saturated heterocycles. The first-order valence-electron chi connectivity index (χ1n) is 14.7. The Bertz CT molecular complexity index is 1920. The topological polar surface area (TPSA) is 81.2 Å². The van der Waals surface area contributed by atoms with Crippen molar-refractivity contribution in [1.82, 2.24) is 10.2 Å². The minimum absolute atomic E-state index is 0.0940. The van der Waals surface area contributed by atoms with Gasteiger partial charge < -0.3 is 14.2 Å². The third-order valence-electron chi connectivity index (χ3n) is 7.74. The molecule has 2 heterocycles. The number of benzene rings is 4. The third kappa shape index (κ3) is 6.52. The number of carbonyl (C=O) groups excluding carboxylic acids is 1. The minimum Gasteiger partial charge on any atom is -0.451 e. The van der Waals surface area contributed by atoms with E-state index >= 15 is 0 Å². The maximum Gasteiger partial charge on any atom is 0.416 e. The van der Waals surface area contributed by atoms with Crippen LogP contribution in [0.3, 0.4) is 0 Å². The van der Waals surface area contributed by atoms with Crippen LogP contribution in [0.5, 0.6) is 0 Å². The second kappa shape index (κ2) is 12.4. The SMILES string of the molecule is CCCC(=O)c1ccc(N[C@@H](Cc2ccc(-c3ccc(C(F)(F)F)cc3)cc2)c2nnc(-c3oc4ccccc4c3C)o2)cc1. The Balaban J connectivity index is 1.27. The maximum absolute atomic E-state index is 13.0. The van der Waals surface area contributed by atoms with E-state index in [1.807, 2.05) is 74.5 Å². The number of hydrogen-bond acceptors (Lipinski definition) is 6. The van der Waals surface area contributed by atoms with Crippen LogP contribution in [-0.2, 0) is 12.6 Å². The molecule has 4 aromatic carbocycles. The first kappa shape index (κ1) is 29.9. The number of para-hydroxylation sites is 1. The Morgan fingerprint density at radius 3 is 2.16 bits per heavy atom. The molecule has 2 aromatic heterocycles. The molecule has 0 spiro atoms. The number of aromatic nitrogens is 2. The van der Waals surface area contributed by atoms with Crippen molar-refractivity contribution < 1.29 is 26.8 Å². The molecular weight excluding hydrogens is 579 g/mol. The molecule has 0 aliphatic rings. The lowest BCUT2D eigenvalue weighted by Crippen LogP contribution is -2.14. The summed E-state index contributed by atoms with van der Waals surface area (Å²) in [6.07, 6.45) is -2.65. The van der Waals surface area contributed by atoms with E-state index in [-0.39, 0.29) is 11.7 Å². The number of rotatable bonds is 10. The quantitative estimate of drug-likeness (QED) is 0.156. The monoisotopic (exact) mass is 609 g/mol. The van der Waals surface area contributed by atoms with Crippen LogP contribution in [0.2, 0.25) is 0 Å². The van der Waals surface area contributed by atoms with Gasteiger partial charge in [0.15, 0.2) is 11.5 Å². The summed E-state index contributed by atoms with van der Waals surface area (Å²) in [6, 6.07) is 27.3. The molecule has 45 heavy (non-hydrogen) atoms. The summed E-state index contributed by atoms with van der Waals surface area (Å²) in [6.45, 7) is 3.92. The molecular formula is C36H30F3N3O3. The highest BCUT2D eigenvalue weighted by molar-refractivity contribution is 5.96. The lowest BCUT2D eigenvalue weighted by Gasteiger charge is -2.17. The van der Waals surface area contributed by atoms with Gasteiger partial charge in [-0.15, -0.1) is 10.2 Å². The number of anilines is 1. The number of nitrogens with one attached hydrogen (secondary N) is 1. The molecule has 6 aromatic rings. The van der Waals surface area contributed by atoms with Gasteiger partial charge in [0, 0.05) is 35.0 Å². The number of nitrogens with zero attached hydrogens (tertiary/aromatic N) is 2. The second-order valence-corrected chi connectivity index (χ2v) is 10.9. The molecule has 0 saturated carbocycles. The van der Waals surface area contributed by atoms with Crippen LogP contribution >= 0.6 is 0 Å². The van der Waals surface area contributed by atoms with E-state index in [0.717, 1.165) is 51.9 Å². The van der Waals surface area contributed by atoms with Crippen LogP contribution in [0.1, 0.15) is 58.7 Å². The standard InChI is InChI=1S/C36H30F3N3O3/c1-3-6-31(43)26-15-19-28(20-16-26)40-30(34-41-42-35(45-34)33-22(2)29-7-4-5-8-32(29)44-33)21-23-9-11-24(12-10-23)25-13-17-27(18-14-25)36(37,38)39/h4-5,7-20,30,40H,3,6,21H2,1-2H3/t30-/m0/s1. The van der Waals surface area contributed by atoms with Crippen molar-refractivity contribution in [2.45, 2.75) is 45.3 Å². The summed E-state index contributed by atoms with van der Waals surface area (Å²) in [5.74, 6) is 1.22. The van der Waals surface area contributed by atoms with Crippen molar-refractivity contribution >= 4 is 22.4 Å². The number of fused-ring (bicyclic) bond motifs is 1. The van der Waals surface area contributed by atoms with Crippen LogP contribution in [0.15, 0.2) is 106 Å². The highest BCUT2D eigenvalue weighted by atomic mass is 19.4. The van der Waals surface area contributed by atoms with Gasteiger partial charge in [0.05, 0.1) is 5.56 Å². The number of carbonyl (C=O) groups is 1. The average molecular weight is 610 g/mol. The molecule has 0 aliphatic carbocycles. The summed E-state index contributed by atoms with van der Waals surface area (Å²) in [4.78, 5) is 12.3. The van der Waals surface area contributed by atoms with Crippen LogP contribution in [0.25, 0.3) is 33.7 Å². The molecule has 0 radical (unpaired) electrons. The first-order chi connectivity index (χ1) is 21.7. The summed E-state index contributed by atoms with van der Waals surface area (Å²) in [5, 5.41) is 13.1. The zero-order valence-corrected chi connectivity index (χ0v) is 24.7. The van der Waals surface area contributed by atoms with Crippen molar-refractivity contribution in [2.24, 2.45) is 0 Å². The highest BCUT2D eigenvalue weighted by Crippen LogP contribution is 2.34. The fraction of sp³-hybridized carbons (Fsp3) is 0.194. The van der Waals surface area contributed by atoms with E-state index in [9.17, 15) is 18.0 Å². The number of aryl methyl sites for hydroxylation is 1. The fourth-order valence-corrected chi connectivity index (χ4v) is 5.29. The van der Waals surface area contributed by atoms with E-state index < -0.39 is 17.8 Å². The lowest BCUT2D eigenvalue weighted by atomic mass is 9.99. The van der Waals surface area contributed by atoms with Crippen molar-refractivity contribution in [3.8, 4) is 22.8 Å². The predicted octanol–water partition coefficient (Wildman–Crippen LogP) is 9.86. The van der Waals surface area contributed by atoms with Gasteiger partial charge in [-0.3, -0.25) is 4.79 Å². The van der Waals surface area contributed by atoms with Gasteiger partial charge in [0.1, 0.15) is 11.6 Å². The Labute approximate surface area is 257 Å². The van der Waals surface area contributed by atoms with Crippen LogP contribution in [0, 0.1) is 6.92 Å². The van der Waals surface area contributed by atoms with E-state index in [1.54, 1.807) is 12.1 Å². The molecule has 0 unspecified atom stereocenters. The van der Waals surface area contributed by atoms with E-state index in [0.29, 0.717) is 35.6 Å². The number of ketones is 1. The highest BCUT2D eigenvalue weighted by Gasteiger charge is 2.30.